The van der Waals surface area contributed by atoms with Crippen molar-refractivity contribution in [1.82, 2.24) is 4.98 Å². The van der Waals surface area contributed by atoms with Gasteiger partial charge in [0.05, 0.1) is 22.2 Å². The molecule has 0 saturated heterocycles. The minimum absolute atomic E-state index is 0.0202. The summed E-state index contributed by atoms with van der Waals surface area (Å²) in [5.74, 6) is 0.348. The first-order valence-corrected chi connectivity index (χ1v) is 9.42. The molecular weight excluding hydrogens is 434 g/mol. The van der Waals surface area contributed by atoms with Crippen LogP contribution in [0.15, 0.2) is 46.3 Å². The molecule has 0 unspecified atom stereocenters. The number of carbonyl (C=O) groups excluding carboxylic acids is 1. The Morgan fingerprint density at radius 3 is 2.70 bits per heavy atom. The minimum atomic E-state index is -0.475. The molecule has 0 saturated carbocycles. The number of aryl methyl sites for hydroxylation is 1. The van der Waals surface area contributed by atoms with Crippen LogP contribution in [0, 0.1) is 17.0 Å². The van der Waals surface area contributed by atoms with Crippen LogP contribution in [0.4, 0.5) is 10.8 Å². The number of carbonyl (C=O) groups is 1. The molecule has 3 rings (SSSR count). The van der Waals surface area contributed by atoms with Crippen molar-refractivity contribution in [3.63, 3.8) is 0 Å². The third-order valence-corrected chi connectivity index (χ3v) is 5.21. The van der Waals surface area contributed by atoms with Gasteiger partial charge in [-0.1, -0.05) is 0 Å². The number of aromatic nitrogens is 1. The van der Waals surface area contributed by atoms with Crippen LogP contribution in [0.25, 0.3) is 11.3 Å². The minimum Gasteiger partial charge on any atom is -0.496 e. The van der Waals surface area contributed by atoms with Crippen molar-refractivity contribution in [2.45, 2.75) is 6.92 Å². The van der Waals surface area contributed by atoms with Gasteiger partial charge >= 0.3 is 0 Å². The molecule has 0 aliphatic heterocycles. The van der Waals surface area contributed by atoms with Crippen molar-refractivity contribution >= 4 is 44.0 Å². The van der Waals surface area contributed by atoms with Gasteiger partial charge in [0.25, 0.3) is 11.6 Å². The van der Waals surface area contributed by atoms with Gasteiger partial charge < -0.3 is 4.74 Å². The van der Waals surface area contributed by atoms with E-state index in [1.807, 2.05) is 23.6 Å². The monoisotopic (exact) mass is 447 g/mol. The van der Waals surface area contributed by atoms with Gasteiger partial charge in [0, 0.05) is 28.1 Å². The standard InChI is InChI=1S/C18H14BrN3O4S/c1-10-7-12(3-5-15(10)22(24)25)17(23)21-18-20-14(9-27-18)11-4-6-16(26-2)13(19)8-11/h3-9H,1-2H3,(H,20,21,23). The summed E-state index contributed by atoms with van der Waals surface area (Å²) in [5, 5.41) is 15.9. The first-order chi connectivity index (χ1) is 12.9. The number of hydrogen-bond donors (Lipinski definition) is 1. The molecule has 3 aromatic rings. The van der Waals surface area contributed by atoms with Crippen molar-refractivity contribution in [3.05, 3.63) is 67.5 Å². The van der Waals surface area contributed by atoms with Crippen LogP contribution >= 0.6 is 27.3 Å². The van der Waals surface area contributed by atoms with E-state index >= 15 is 0 Å². The fourth-order valence-electron chi connectivity index (χ4n) is 2.46. The third kappa shape index (κ3) is 4.15. The molecule has 1 amide bonds. The normalized spacial score (nSPS) is 10.5. The predicted octanol–water partition coefficient (Wildman–Crippen LogP) is 5.05. The van der Waals surface area contributed by atoms with E-state index < -0.39 is 4.92 Å². The largest absolute Gasteiger partial charge is 0.496 e. The molecule has 2 aromatic carbocycles. The number of thiazole rings is 1. The number of nitro groups is 1. The molecule has 0 radical (unpaired) electrons. The Balaban J connectivity index is 1.77. The van der Waals surface area contributed by atoms with E-state index in [0.29, 0.717) is 16.3 Å². The van der Waals surface area contributed by atoms with Gasteiger partial charge in [0.1, 0.15) is 5.75 Å². The molecule has 1 heterocycles. The second-order valence-corrected chi connectivity index (χ2v) is 7.31. The summed E-state index contributed by atoms with van der Waals surface area (Å²) in [5.41, 5.74) is 2.34. The van der Waals surface area contributed by atoms with E-state index in [0.717, 1.165) is 21.5 Å². The summed E-state index contributed by atoms with van der Waals surface area (Å²) < 4.78 is 6.02. The summed E-state index contributed by atoms with van der Waals surface area (Å²) in [6.07, 6.45) is 0. The number of amides is 1. The SMILES string of the molecule is COc1ccc(-c2csc(NC(=O)c3ccc([N+](=O)[O-])c(C)c3)n2)cc1Br. The maximum absolute atomic E-state index is 12.4. The number of nitrogens with zero attached hydrogens (tertiary/aromatic N) is 2. The molecule has 27 heavy (non-hydrogen) atoms. The van der Waals surface area contributed by atoms with Gasteiger partial charge in [0.2, 0.25) is 0 Å². The summed E-state index contributed by atoms with van der Waals surface area (Å²) in [7, 11) is 1.59. The Hall–Kier alpha value is -2.78. The Kier molecular flexibility index (Phi) is 5.52. The lowest BCUT2D eigenvalue weighted by atomic mass is 10.1. The maximum atomic E-state index is 12.4. The molecule has 7 nitrogen and oxygen atoms in total. The van der Waals surface area contributed by atoms with Crippen LogP contribution in [0.5, 0.6) is 5.75 Å². The fourth-order valence-corrected chi connectivity index (χ4v) is 3.72. The quantitative estimate of drug-likeness (QED) is 0.436. The van der Waals surface area contributed by atoms with E-state index in [1.165, 1.54) is 29.5 Å². The van der Waals surface area contributed by atoms with Gasteiger partial charge in [-0.05, 0) is 53.2 Å². The van der Waals surface area contributed by atoms with Crippen LogP contribution in [0.3, 0.4) is 0 Å². The zero-order valence-corrected chi connectivity index (χ0v) is 16.8. The highest BCUT2D eigenvalue weighted by Gasteiger charge is 2.15. The van der Waals surface area contributed by atoms with Crippen LogP contribution in [-0.4, -0.2) is 22.9 Å². The number of methoxy groups -OCH3 is 1. The molecule has 1 N–H and O–H groups in total. The molecule has 0 fully saturated rings. The molecule has 0 bridgehead atoms. The Labute approximate surface area is 167 Å². The lowest BCUT2D eigenvalue weighted by Gasteiger charge is -2.05. The summed E-state index contributed by atoms with van der Waals surface area (Å²) in [6.45, 7) is 1.60. The molecule has 9 heteroatoms. The second-order valence-electron chi connectivity index (χ2n) is 5.60. The number of benzene rings is 2. The van der Waals surface area contributed by atoms with E-state index in [9.17, 15) is 14.9 Å². The summed E-state index contributed by atoms with van der Waals surface area (Å²) >= 11 is 4.74. The van der Waals surface area contributed by atoms with Gasteiger partial charge in [-0.2, -0.15) is 0 Å². The zero-order valence-electron chi connectivity index (χ0n) is 14.4. The molecular formula is C18H14BrN3O4S. The fraction of sp³-hybridized carbons (Fsp3) is 0.111. The molecule has 1 aromatic heterocycles. The van der Waals surface area contributed by atoms with Crippen LogP contribution < -0.4 is 10.1 Å². The lowest BCUT2D eigenvalue weighted by molar-refractivity contribution is -0.385. The maximum Gasteiger partial charge on any atom is 0.272 e. The van der Waals surface area contributed by atoms with E-state index in [4.69, 9.17) is 4.74 Å². The summed E-state index contributed by atoms with van der Waals surface area (Å²) in [4.78, 5) is 27.2. The molecule has 0 aliphatic carbocycles. The van der Waals surface area contributed by atoms with Crippen molar-refractivity contribution in [1.29, 1.82) is 0 Å². The van der Waals surface area contributed by atoms with Gasteiger partial charge in [-0.25, -0.2) is 4.98 Å². The summed E-state index contributed by atoms with van der Waals surface area (Å²) in [6, 6.07) is 9.84. The second kappa shape index (κ2) is 7.85. The van der Waals surface area contributed by atoms with E-state index in [2.05, 4.69) is 26.2 Å². The number of hydrogen-bond acceptors (Lipinski definition) is 6. The highest BCUT2D eigenvalue weighted by molar-refractivity contribution is 9.10. The van der Waals surface area contributed by atoms with Gasteiger partial charge in [0.15, 0.2) is 5.13 Å². The topological polar surface area (TPSA) is 94.4 Å². The number of nitrogens with one attached hydrogen (secondary N) is 1. The van der Waals surface area contributed by atoms with Gasteiger partial charge in [-0.15, -0.1) is 11.3 Å². The Bertz CT molecular complexity index is 1040. The van der Waals surface area contributed by atoms with E-state index in [-0.39, 0.29) is 11.6 Å². The van der Waals surface area contributed by atoms with Crippen molar-refractivity contribution < 1.29 is 14.5 Å². The average molecular weight is 448 g/mol. The smallest absolute Gasteiger partial charge is 0.272 e. The van der Waals surface area contributed by atoms with Crippen LogP contribution in [0.1, 0.15) is 15.9 Å². The predicted molar refractivity (Wildman–Crippen MR) is 108 cm³/mol. The third-order valence-electron chi connectivity index (χ3n) is 3.83. The Morgan fingerprint density at radius 2 is 2.07 bits per heavy atom. The van der Waals surface area contributed by atoms with Crippen LogP contribution in [-0.2, 0) is 0 Å². The molecule has 0 spiro atoms. The lowest BCUT2D eigenvalue weighted by Crippen LogP contribution is -2.12. The number of ether oxygens (including phenoxy) is 1. The number of halogens is 1. The first kappa shape index (κ1) is 19.0. The van der Waals surface area contributed by atoms with Crippen molar-refractivity contribution in [2.75, 3.05) is 12.4 Å². The van der Waals surface area contributed by atoms with Crippen LogP contribution in [0.2, 0.25) is 0 Å². The first-order valence-electron chi connectivity index (χ1n) is 7.75. The molecule has 138 valence electrons. The number of anilines is 1. The molecule has 0 aliphatic rings. The van der Waals surface area contributed by atoms with Crippen molar-refractivity contribution in [2.24, 2.45) is 0 Å². The van der Waals surface area contributed by atoms with Gasteiger partial charge in [-0.3, -0.25) is 20.2 Å². The van der Waals surface area contributed by atoms with E-state index in [1.54, 1.807) is 14.0 Å². The number of nitro benzene ring substituents is 1. The highest BCUT2D eigenvalue weighted by atomic mass is 79.9. The van der Waals surface area contributed by atoms with Crippen molar-refractivity contribution in [3.8, 4) is 17.0 Å². The average Bonchev–Trinajstić information content (AvgIpc) is 3.09. The molecule has 0 atom stereocenters. The zero-order chi connectivity index (χ0) is 19.6. The Morgan fingerprint density at radius 1 is 1.30 bits per heavy atom. The highest BCUT2D eigenvalue weighted by Crippen LogP contribution is 2.32. The number of rotatable bonds is 5.